The second-order valence-corrected chi connectivity index (χ2v) is 11.0. The van der Waals surface area contributed by atoms with Crippen LogP contribution in [0.3, 0.4) is 0 Å². The highest BCUT2D eigenvalue weighted by Gasteiger charge is 2.37. The van der Waals surface area contributed by atoms with Crippen molar-refractivity contribution in [2.45, 2.75) is 51.4 Å². The first kappa shape index (κ1) is 28.9. The molecule has 6 rings (SSSR count). The molecule has 0 saturated carbocycles. The molecule has 0 atom stereocenters. The number of fused-ring (bicyclic) bond motifs is 4. The molecule has 5 aromatic rings. The van der Waals surface area contributed by atoms with Crippen molar-refractivity contribution in [1.29, 1.82) is 0 Å². The smallest absolute Gasteiger partial charge is 0.416 e. The molecule has 0 aliphatic heterocycles. The van der Waals surface area contributed by atoms with Gasteiger partial charge >= 0.3 is 12.1 Å². The maximum Gasteiger partial charge on any atom is 0.416 e. The van der Waals surface area contributed by atoms with Crippen molar-refractivity contribution in [1.82, 2.24) is 14.1 Å². The fourth-order valence-electron chi connectivity index (χ4n) is 6.10. The summed E-state index contributed by atoms with van der Waals surface area (Å²) in [5, 5.41) is 10.3. The highest BCUT2D eigenvalue weighted by atomic mass is 19.4. The minimum absolute atomic E-state index is 0.135. The van der Waals surface area contributed by atoms with Crippen LogP contribution in [-0.4, -0.2) is 44.8 Å². The van der Waals surface area contributed by atoms with Gasteiger partial charge in [-0.1, -0.05) is 12.1 Å². The third-order valence-electron chi connectivity index (χ3n) is 8.25. The molecule has 0 radical (unpaired) electrons. The number of ether oxygens (including phenoxy) is 1. The number of imidazole rings is 1. The molecule has 0 amide bonds. The predicted octanol–water partition coefficient (Wildman–Crippen LogP) is 7.50. The summed E-state index contributed by atoms with van der Waals surface area (Å²) in [4.78, 5) is 16.6. The molecule has 1 aliphatic rings. The number of benzene rings is 3. The van der Waals surface area contributed by atoms with Gasteiger partial charge in [0.15, 0.2) is 0 Å². The molecular weight excluding hydrogens is 569 g/mol. The van der Waals surface area contributed by atoms with Gasteiger partial charge in [0.25, 0.3) is 5.92 Å². The number of methoxy groups -OCH3 is 1. The summed E-state index contributed by atoms with van der Waals surface area (Å²) in [7, 11) is 1.57. The molecule has 0 fully saturated rings. The van der Waals surface area contributed by atoms with E-state index in [1.54, 1.807) is 20.1 Å². The molecule has 11 heteroatoms. The van der Waals surface area contributed by atoms with E-state index >= 15 is 0 Å². The zero-order chi connectivity index (χ0) is 30.7. The third-order valence-corrected chi connectivity index (χ3v) is 8.25. The summed E-state index contributed by atoms with van der Waals surface area (Å²) in [6.07, 6.45) is -5.07. The van der Waals surface area contributed by atoms with E-state index in [-0.39, 0.29) is 24.9 Å². The van der Waals surface area contributed by atoms with Crippen molar-refractivity contribution in [3.05, 3.63) is 88.1 Å². The van der Waals surface area contributed by atoms with E-state index in [1.165, 1.54) is 18.2 Å². The topological polar surface area (TPSA) is 69.3 Å². The first-order valence-electron chi connectivity index (χ1n) is 13.8. The Bertz CT molecular complexity index is 1870. The zero-order valence-electron chi connectivity index (χ0n) is 23.4. The van der Waals surface area contributed by atoms with Gasteiger partial charge in [-0.05, 0) is 72.5 Å². The lowest BCUT2D eigenvalue weighted by Crippen LogP contribution is -2.26. The van der Waals surface area contributed by atoms with E-state index < -0.39 is 30.1 Å². The van der Waals surface area contributed by atoms with E-state index in [2.05, 4.69) is 0 Å². The second-order valence-electron chi connectivity index (χ2n) is 11.0. The van der Waals surface area contributed by atoms with Crippen LogP contribution in [0.5, 0.6) is 0 Å². The highest BCUT2D eigenvalue weighted by Crippen LogP contribution is 2.41. The van der Waals surface area contributed by atoms with E-state index in [0.717, 1.165) is 23.3 Å². The number of carbonyl (C=O) groups is 1. The van der Waals surface area contributed by atoms with Gasteiger partial charge in [0.05, 0.1) is 28.8 Å². The van der Waals surface area contributed by atoms with Gasteiger partial charge in [0.1, 0.15) is 5.82 Å². The van der Waals surface area contributed by atoms with Crippen LogP contribution in [0.4, 0.5) is 22.0 Å². The average Bonchev–Trinajstić information content (AvgIpc) is 3.46. The maximum absolute atomic E-state index is 14.7. The lowest BCUT2D eigenvalue weighted by Gasteiger charge is -2.23. The van der Waals surface area contributed by atoms with Gasteiger partial charge in [-0.25, -0.2) is 18.6 Å². The van der Waals surface area contributed by atoms with Crippen molar-refractivity contribution in [3.63, 3.8) is 0 Å². The van der Waals surface area contributed by atoms with Gasteiger partial charge < -0.3 is 19.0 Å². The molecule has 0 unspecified atom stereocenters. The summed E-state index contributed by atoms with van der Waals surface area (Å²) < 4.78 is 77.9. The van der Waals surface area contributed by atoms with Crippen LogP contribution in [0, 0.1) is 6.92 Å². The molecule has 1 N–H and O–H groups in total. The fraction of sp³-hybridized carbons (Fsp3) is 0.312. The molecule has 0 spiro atoms. The molecule has 6 nitrogen and oxygen atoms in total. The number of aryl methyl sites for hydroxylation is 1. The average molecular weight is 598 g/mol. The number of hydrogen-bond donors (Lipinski definition) is 1. The van der Waals surface area contributed by atoms with Crippen LogP contribution in [0.1, 0.15) is 44.7 Å². The Kier molecular flexibility index (Phi) is 7.03. The van der Waals surface area contributed by atoms with E-state index in [9.17, 15) is 31.9 Å². The van der Waals surface area contributed by atoms with Crippen LogP contribution in [-0.2, 0) is 36.8 Å². The second kappa shape index (κ2) is 10.5. The fourth-order valence-corrected chi connectivity index (χ4v) is 6.10. The van der Waals surface area contributed by atoms with E-state index in [0.29, 0.717) is 57.6 Å². The maximum atomic E-state index is 14.7. The number of carboxylic acids is 1. The number of aromatic carboxylic acids is 1. The van der Waals surface area contributed by atoms with Crippen LogP contribution in [0.2, 0.25) is 0 Å². The molecule has 224 valence electrons. The van der Waals surface area contributed by atoms with Gasteiger partial charge in [0, 0.05) is 55.2 Å². The lowest BCUT2D eigenvalue weighted by molar-refractivity contribution is -0.137. The molecule has 0 bridgehead atoms. The summed E-state index contributed by atoms with van der Waals surface area (Å²) in [5.41, 5.74) is 4.42. The number of rotatable bonds is 7. The standard InChI is InChI=1S/C32H28F5N3O3/c1-18-22(30(41)42)8-10-27-28(18)38-29(39(27)13-14-43-2)20-5-9-25-23(15-20)24-16-31(33,34)12-11-26(24)40(25)17-19-3-6-21(7-4-19)32(35,36)37/h3-10,15H,11-14,16-17H2,1-2H3,(H,41,42). The summed E-state index contributed by atoms with van der Waals surface area (Å²) in [6, 6.07) is 13.6. The van der Waals surface area contributed by atoms with Crippen LogP contribution < -0.4 is 0 Å². The SMILES string of the molecule is COCCn1c(-c2ccc3c(c2)c2c(n3Cc3ccc(C(F)(F)F)cc3)CCC(F)(F)C2)nc2c(C)c(C(=O)O)ccc21. The number of alkyl halides is 5. The van der Waals surface area contributed by atoms with E-state index in [4.69, 9.17) is 9.72 Å². The molecule has 3 aromatic carbocycles. The predicted molar refractivity (Wildman–Crippen MR) is 152 cm³/mol. The molecule has 43 heavy (non-hydrogen) atoms. The Morgan fingerprint density at radius 2 is 1.77 bits per heavy atom. The van der Waals surface area contributed by atoms with Gasteiger partial charge in [0.2, 0.25) is 0 Å². The Morgan fingerprint density at radius 3 is 2.44 bits per heavy atom. The van der Waals surface area contributed by atoms with Gasteiger partial charge in [-0.3, -0.25) is 0 Å². The Balaban J connectivity index is 1.50. The van der Waals surface area contributed by atoms with Gasteiger partial charge in [-0.2, -0.15) is 13.2 Å². The number of hydrogen-bond acceptors (Lipinski definition) is 3. The highest BCUT2D eigenvalue weighted by molar-refractivity contribution is 5.97. The Morgan fingerprint density at radius 1 is 1.05 bits per heavy atom. The Hall–Kier alpha value is -4.25. The van der Waals surface area contributed by atoms with Crippen molar-refractivity contribution >= 4 is 27.9 Å². The molecule has 1 aliphatic carbocycles. The first-order chi connectivity index (χ1) is 20.4. The van der Waals surface area contributed by atoms with E-state index in [1.807, 2.05) is 27.3 Å². The van der Waals surface area contributed by atoms with Crippen LogP contribution in [0.25, 0.3) is 33.3 Å². The first-order valence-corrected chi connectivity index (χ1v) is 13.8. The molecule has 2 heterocycles. The third kappa shape index (κ3) is 5.15. The lowest BCUT2D eigenvalue weighted by atomic mass is 9.92. The van der Waals surface area contributed by atoms with Crippen LogP contribution in [0.15, 0.2) is 54.6 Å². The number of aromatic nitrogens is 3. The van der Waals surface area contributed by atoms with Crippen molar-refractivity contribution in [2.24, 2.45) is 0 Å². The van der Waals surface area contributed by atoms with Crippen LogP contribution >= 0.6 is 0 Å². The largest absolute Gasteiger partial charge is 0.478 e. The quantitative estimate of drug-likeness (QED) is 0.197. The number of nitrogens with zero attached hydrogens (tertiary/aromatic N) is 3. The van der Waals surface area contributed by atoms with Crippen molar-refractivity contribution in [3.8, 4) is 11.4 Å². The minimum atomic E-state index is -4.45. The summed E-state index contributed by atoms with van der Waals surface area (Å²) in [6.45, 7) is 2.73. The normalized spacial score (nSPS) is 14.9. The molecular formula is C32H28F5N3O3. The molecule has 2 aromatic heterocycles. The monoisotopic (exact) mass is 597 g/mol. The summed E-state index contributed by atoms with van der Waals surface area (Å²) in [5.74, 6) is -3.39. The van der Waals surface area contributed by atoms with Gasteiger partial charge in [-0.15, -0.1) is 0 Å². The summed E-state index contributed by atoms with van der Waals surface area (Å²) >= 11 is 0. The van der Waals surface area contributed by atoms with Crippen molar-refractivity contribution < 1.29 is 36.6 Å². The van der Waals surface area contributed by atoms with Crippen molar-refractivity contribution in [2.75, 3.05) is 13.7 Å². The number of halogens is 5. The number of carboxylic acid groups (broad SMARTS) is 1. The Labute approximate surface area is 243 Å². The molecule has 0 saturated heterocycles. The minimum Gasteiger partial charge on any atom is -0.478 e. The zero-order valence-corrected chi connectivity index (χ0v) is 23.4.